The van der Waals surface area contributed by atoms with Gasteiger partial charge in [0.2, 0.25) is 5.95 Å². The van der Waals surface area contributed by atoms with E-state index in [9.17, 15) is 4.39 Å². The predicted octanol–water partition coefficient (Wildman–Crippen LogP) is 4.87. The summed E-state index contributed by atoms with van der Waals surface area (Å²) in [4.78, 5) is 4.23. The molecular weight excluding hydrogens is 350 g/mol. The molecule has 0 saturated carbocycles. The van der Waals surface area contributed by atoms with Gasteiger partial charge in [-0.3, -0.25) is 0 Å². The van der Waals surface area contributed by atoms with Gasteiger partial charge < -0.3 is 5.32 Å². The van der Waals surface area contributed by atoms with Gasteiger partial charge in [-0.15, -0.1) is 0 Å². The number of rotatable bonds is 2. The Kier molecular flexibility index (Phi) is 3.90. The number of fused-ring (bicyclic) bond motifs is 1. The topological polar surface area (TPSA) is 42.7 Å². The third-order valence-electron chi connectivity index (χ3n) is 4.21. The van der Waals surface area contributed by atoms with Gasteiger partial charge in [0.25, 0.3) is 0 Å². The molecule has 0 radical (unpaired) electrons. The van der Waals surface area contributed by atoms with Crippen molar-refractivity contribution in [3.8, 4) is 0 Å². The Hall–Kier alpha value is -2.11. The molecule has 1 N–H and O–H groups in total. The van der Waals surface area contributed by atoms with Gasteiger partial charge in [-0.25, -0.2) is 9.07 Å². The number of hydrogen-bond acceptors (Lipinski definition) is 3. The van der Waals surface area contributed by atoms with Crippen LogP contribution >= 0.6 is 23.2 Å². The lowest BCUT2D eigenvalue weighted by Gasteiger charge is -2.32. The number of aromatic nitrogens is 3. The Morgan fingerprint density at radius 2 is 2.00 bits per heavy atom. The highest BCUT2D eigenvalue weighted by atomic mass is 35.5. The maximum Gasteiger partial charge on any atom is 0.222 e. The molecule has 4 rings (SSSR count). The van der Waals surface area contributed by atoms with Crippen LogP contribution in [-0.4, -0.2) is 14.8 Å². The summed E-state index contributed by atoms with van der Waals surface area (Å²) >= 11 is 12.4. The molecule has 0 saturated heterocycles. The monoisotopic (exact) mass is 362 g/mol. The minimum Gasteiger partial charge on any atom is -0.348 e. The van der Waals surface area contributed by atoms with Gasteiger partial charge >= 0.3 is 0 Å². The second-order valence-corrected chi connectivity index (χ2v) is 6.51. The molecule has 1 aliphatic rings. The van der Waals surface area contributed by atoms with Crippen molar-refractivity contribution in [2.24, 2.45) is 0 Å². The summed E-state index contributed by atoms with van der Waals surface area (Å²) in [7, 11) is 0. The molecule has 4 nitrogen and oxygen atoms in total. The first-order chi connectivity index (χ1) is 11.6. The summed E-state index contributed by atoms with van der Waals surface area (Å²) in [5.41, 5.74) is 1.44. The number of halogens is 3. The molecular formula is C17H13Cl2FN4. The zero-order valence-corrected chi connectivity index (χ0v) is 14.0. The van der Waals surface area contributed by atoms with Crippen LogP contribution in [0.15, 0.2) is 48.8 Å². The summed E-state index contributed by atoms with van der Waals surface area (Å²) in [5, 5.41) is 8.60. The minimum absolute atomic E-state index is 0.0685. The lowest BCUT2D eigenvalue weighted by Crippen LogP contribution is -2.28. The molecule has 0 aliphatic carbocycles. The van der Waals surface area contributed by atoms with Crippen LogP contribution in [0.5, 0.6) is 0 Å². The fourth-order valence-corrected chi connectivity index (χ4v) is 3.62. The Balaban J connectivity index is 1.80. The molecule has 1 aromatic heterocycles. The van der Waals surface area contributed by atoms with Crippen LogP contribution in [0, 0.1) is 5.82 Å². The average Bonchev–Trinajstić information content (AvgIpc) is 3.03. The lowest BCUT2D eigenvalue weighted by atomic mass is 9.93. The summed E-state index contributed by atoms with van der Waals surface area (Å²) in [6.45, 7) is 0. The molecule has 0 fully saturated rings. The molecule has 122 valence electrons. The molecule has 1 aliphatic heterocycles. The quantitative estimate of drug-likeness (QED) is 0.706. The van der Waals surface area contributed by atoms with Crippen molar-refractivity contribution in [1.29, 1.82) is 0 Å². The maximum atomic E-state index is 14.4. The van der Waals surface area contributed by atoms with Crippen LogP contribution in [0.4, 0.5) is 10.3 Å². The van der Waals surface area contributed by atoms with E-state index in [2.05, 4.69) is 15.4 Å². The molecule has 0 amide bonds. The van der Waals surface area contributed by atoms with Crippen molar-refractivity contribution in [3.63, 3.8) is 0 Å². The average molecular weight is 363 g/mol. The van der Waals surface area contributed by atoms with Gasteiger partial charge in [0, 0.05) is 15.6 Å². The fraction of sp³-hybridized carbons (Fsp3) is 0.176. The lowest BCUT2D eigenvalue weighted by molar-refractivity contribution is 0.416. The van der Waals surface area contributed by atoms with Gasteiger partial charge in [0.1, 0.15) is 12.1 Å². The van der Waals surface area contributed by atoms with Gasteiger partial charge in [-0.1, -0.05) is 41.4 Å². The highest BCUT2D eigenvalue weighted by molar-refractivity contribution is 6.31. The van der Waals surface area contributed by atoms with E-state index in [1.165, 1.54) is 12.4 Å². The van der Waals surface area contributed by atoms with Crippen molar-refractivity contribution < 1.29 is 4.39 Å². The fourth-order valence-electron chi connectivity index (χ4n) is 3.13. The number of nitrogens with one attached hydrogen (secondary N) is 1. The highest BCUT2D eigenvalue weighted by Gasteiger charge is 2.32. The van der Waals surface area contributed by atoms with Crippen LogP contribution in [0.1, 0.15) is 29.6 Å². The van der Waals surface area contributed by atoms with Crippen molar-refractivity contribution in [2.75, 3.05) is 5.32 Å². The van der Waals surface area contributed by atoms with Crippen molar-refractivity contribution in [1.82, 2.24) is 14.8 Å². The van der Waals surface area contributed by atoms with Crippen LogP contribution in [0.25, 0.3) is 0 Å². The smallest absolute Gasteiger partial charge is 0.222 e. The first kappa shape index (κ1) is 15.4. The molecule has 3 aromatic rings. The van der Waals surface area contributed by atoms with E-state index in [4.69, 9.17) is 23.2 Å². The van der Waals surface area contributed by atoms with Crippen molar-refractivity contribution in [3.05, 3.63) is 75.8 Å². The zero-order valence-electron chi connectivity index (χ0n) is 12.5. The molecule has 0 unspecified atom stereocenters. The van der Waals surface area contributed by atoms with E-state index in [-0.39, 0.29) is 17.9 Å². The second kappa shape index (κ2) is 6.07. The summed E-state index contributed by atoms with van der Waals surface area (Å²) in [6.07, 6.45) is 2.03. The van der Waals surface area contributed by atoms with Crippen molar-refractivity contribution >= 4 is 29.2 Å². The van der Waals surface area contributed by atoms with E-state index >= 15 is 0 Å². The van der Waals surface area contributed by atoms with Gasteiger partial charge in [0.15, 0.2) is 0 Å². The molecule has 2 heterocycles. The Bertz CT molecular complexity index is 876. The third-order valence-corrected chi connectivity index (χ3v) is 4.78. The number of hydrogen-bond donors (Lipinski definition) is 1. The number of anilines is 1. The second-order valence-electron chi connectivity index (χ2n) is 5.67. The van der Waals surface area contributed by atoms with Crippen LogP contribution < -0.4 is 5.32 Å². The van der Waals surface area contributed by atoms with E-state index in [0.717, 1.165) is 5.56 Å². The molecule has 2 atom stereocenters. The zero-order chi connectivity index (χ0) is 16.7. The molecule has 2 aromatic carbocycles. The largest absolute Gasteiger partial charge is 0.348 e. The summed E-state index contributed by atoms with van der Waals surface area (Å²) < 4.78 is 16.1. The molecule has 24 heavy (non-hydrogen) atoms. The summed E-state index contributed by atoms with van der Waals surface area (Å²) in [5.74, 6) is 0.233. The number of nitrogens with zero attached hydrogens (tertiary/aromatic N) is 3. The van der Waals surface area contributed by atoms with Gasteiger partial charge in [-0.2, -0.15) is 10.1 Å². The summed E-state index contributed by atoms with van der Waals surface area (Å²) in [6, 6.07) is 11.9. The van der Waals surface area contributed by atoms with Crippen LogP contribution in [0.2, 0.25) is 10.0 Å². The normalized spacial score (nSPS) is 19.6. The maximum absolute atomic E-state index is 14.4. The molecule has 0 spiro atoms. The predicted molar refractivity (Wildman–Crippen MR) is 92.0 cm³/mol. The Labute approximate surface area is 148 Å². The van der Waals surface area contributed by atoms with E-state index in [1.54, 1.807) is 16.8 Å². The minimum atomic E-state index is -0.347. The van der Waals surface area contributed by atoms with Crippen molar-refractivity contribution in [2.45, 2.75) is 18.5 Å². The highest BCUT2D eigenvalue weighted by Crippen LogP contribution is 2.40. The first-order valence-corrected chi connectivity index (χ1v) is 8.24. The third kappa shape index (κ3) is 2.64. The standard InChI is InChI=1S/C17H13Cl2FN4/c18-11-4-1-3-10(7-11)14-8-15(24-17(23-14)21-9-22-24)16-12(19)5-2-6-13(16)20/h1-7,9,14-15H,8H2,(H,21,22,23)/t14-,15+/m0/s1. The van der Waals surface area contributed by atoms with Crippen LogP contribution in [-0.2, 0) is 0 Å². The van der Waals surface area contributed by atoms with E-state index in [0.29, 0.717) is 28.0 Å². The Morgan fingerprint density at radius 1 is 1.17 bits per heavy atom. The molecule has 0 bridgehead atoms. The Morgan fingerprint density at radius 3 is 2.79 bits per heavy atom. The van der Waals surface area contributed by atoms with Gasteiger partial charge in [0.05, 0.1) is 12.1 Å². The van der Waals surface area contributed by atoms with Crippen LogP contribution in [0.3, 0.4) is 0 Å². The number of benzene rings is 2. The van der Waals surface area contributed by atoms with E-state index in [1.807, 2.05) is 24.3 Å². The SMILES string of the molecule is Fc1cccc(Cl)c1[C@H]1C[C@@H](c2cccc(Cl)c2)Nc2ncnn21. The van der Waals surface area contributed by atoms with Gasteiger partial charge in [-0.05, 0) is 36.2 Å². The van der Waals surface area contributed by atoms with E-state index < -0.39 is 0 Å². The molecule has 7 heteroatoms. The first-order valence-electron chi connectivity index (χ1n) is 7.49.